The molecule has 0 unspecified atom stereocenters. The monoisotopic (exact) mass is 488 g/mol. The fraction of sp³-hybridized carbons (Fsp3) is 0.286. The van der Waals surface area contributed by atoms with Crippen LogP contribution in [-0.4, -0.2) is 35.0 Å². The average molecular weight is 489 g/mol. The van der Waals surface area contributed by atoms with Crippen molar-refractivity contribution in [3.05, 3.63) is 42.0 Å². The lowest BCUT2D eigenvalue weighted by Crippen LogP contribution is -2.13. The molecule has 1 heterocycles. The molecule has 0 fully saturated rings. The quantitative estimate of drug-likeness (QED) is 0.330. The van der Waals surface area contributed by atoms with Gasteiger partial charge in [0.1, 0.15) is 5.75 Å². The van der Waals surface area contributed by atoms with Gasteiger partial charge in [-0.15, -0.1) is 10.2 Å². The summed E-state index contributed by atoms with van der Waals surface area (Å²) in [6.07, 6.45) is 1.07. The van der Waals surface area contributed by atoms with E-state index in [1.54, 1.807) is 30.3 Å². The summed E-state index contributed by atoms with van der Waals surface area (Å²) in [4.78, 5) is 15.9. The number of hydrogen-bond donors (Lipinski definition) is 3. The van der Waals surface area contributed by atoms with Gasteiger partial charge in [0.15, 0.2) is 5.82 Å². The molecule has 0 atom stereocenters. The zero-order chi connectivity index (χ0) is 24.4. The largest absolute Gasteiger partial charge is 0.505 e. The van der Waals surface area contributed by atoms with Crippen molar-refractivity contribution < 1.29 is 18.3 Å². The molecule has 174 valence electrons. The number of anilines is 2. The van der Waals surface area contributed by atoms with E-state index in [9.17, 15) is 18.3 Å². The molecule has 0 saturated carbocycles. The molecule has 3 aromatic rings. The highest BCUT2D eigenvalue weighted by Gasteiger charge is 2.22. The highest BCUT2D eigenvalue weighted by molar-refractivity contribution is 7.92. The van der Waals surface area contributed by atoms with Gasteiger partial charge in [0.2, 0.25) is 21.1 Å². The molecule has 0 aliphatic carbocycles. The van der Waals surface area contributed by atoms with Gasteiger partial charge in [0, 0.05) is 35.3 Å². The maximum atomic E-state index is 11.5. The zero-order valence-corrected chi connectivity index (χ0v) is 20.4. The zero-order valence-electron chi connectivity index (χ0n) is 18.7. The standard InChI is InChI=1S/C21H24N6O4S2/c1-12(28)22-17-11-15(10-16(18(17)29)21(2,3)4)24-25-20-23-19(26-32-20)13-7-6-8-14(9-13)27-33(5,30)31/h6-11,27,29H,1-5H3,(H,22,28). The van der Waals surface area contributed by atoms with E-state index in [0.29, 0.717) is 28.3 Å². The molecule has 3 N–H and O–H groups in total. The van der Waals surface area contributed by atoms with Crippen molar-refractivity contribution in [1.82, 2.24) is 9.36 Å². The summed E-state index contributed by atoms with van der Waals surface area (Å²) in [6.45, 7) is 7.16. The second kappa shape index (κ2) is 9.24. The Bertz CT molecular complexity index is 1330. The number of aromatic nitrogens is 2. The molecule has 0 bridgehead atoms. The van der Waals surface area contributed by atoms with Crippen molar-refractivity contribution >= 4 is 49.7 Å². The van der Waals surface area contributed by atoms with Crippen LogP contribution < -0.4 is 10.0 Å². The fourth-order valence-electron chi connectivity index (χ4n) is 2.94. The number of phenolic OH excluding ortho intramolecular Hbond substituents is 1. The number of amides is 1. The molecular weight excluding hydrogens is 464 g/mol. The van der Waals surface area contributed by atoms with Gasteiger partial charge in [0.25, 0.3) is 0 Å². The number of carbonyl (C=O) groups is 1. The Morgan fingerprint density at radius 1 is 1.15 bits per heavy atom. The van der Waals surface area contributed by atoms with Gasteiger partial charge < -0.3 is 10.4 Å². The Kier molecular flexibility index (Phi) is 6.79. The summed E-state index contributed by atoms with van der Waals surface area (Å²) < 4.78 is 29.6. The molecule has 0 aliphatic heterocycles. The summed E-state index contributed by atoms with van der Waals surface area (Å²) in [5, 5.41) is 21.8. The minimum atomic E-state index is -3.40. The van der Waals surface area contributed by atoms with Crippen LogP contribution in [0.15, 0.2) is 46.6 Å². The molecule has 12 heteroatoms. The maximum absolute atomic E-state index is 11.5. The first-order chi connectivity index (χ1) is 15.3. The first-order valence-electron chi connectivity index (χ1n) is 9.80. The number of nitrogens with zero attached hydrogens (tertiary/aromatic N) is 4. The molecule has 3 rings (SSSR count). The maximum Gasteiger partial charge on any atom is 0.249 e. The number of hydrogen-bond acceptors (Lipinski definition) is 9. The lowest BCUT2D eigenvalue weighted by Gasteiger charge is -2.22. The molecule has 33 heavy (non-hydrogen) atoms. The Morgan fingerprint density at radius 2 is 1.88 bits per heavy atom. The van der Waals surface area contributed by atoms with Crippen LogP contribution in [0.25, 0.3) is 11.4 Å². The molecule has 0 aliphatic rings. The predicted molar refractivity (Wildman–Crippen MR) is 129 cm³/mol. The lowest BCUT2D eigenvalue weighted by atomic mass is 9.85. The van der Waals surface area contributed by atoms with Crippen LogP contribution in [0.1, 0.15) is 33.3 Å². The average Bonchev–Trinajstić information content (AvgIpc) is 3.15. The van der Waals surface area contributed by atoms with Crippen LogP contribution in [0, 0.1) is 0 Å². The SMILES string of the molecule is CC(=O)Nc1cc(N=Nc2nc(-c3cccc(NS(C)(=O)=O)c3)ns2)cc(C(C)(C)C)c1O. The Labute approximate surface area is 196 Å². The van der Waals surface area contributed by atoms with Crippen LogP contribution in [-0.2, 0) is 20.2 Å². The lowest BCUT2D eigenvalue weighted by molar-refractivity contribution is -0.114. The number of sulfonamides is 1. The van der Waals surface area contributed by atoms with E-state index < -0.39 is 15.4 Å². The van der Waals surface area contributed by atoms with Crippen LogP contribution in [0.5, 0.6) is 5.75 Å². The smallest absolute Gasteiger partial charge is 0.249 e. The van der Waals surface area contributed by atoms with Crippen LogP contribution in [0.4, 0.5) is 22.2 Å². The summed E-state index contributed by atoms with van der Waals surface area (Å²) >= 11 is 1.03. The number of phenols is 1. The van der Waals surface area contributed by atoms with Crippen molar-refractivity contribution in [1.29, 1.82) is 0 Å². The normalized spacial score (nSPS) is 12.2. The van der Waals surface area contributed by atoms with E-state index in [1.807, 2.05) is 20.8 Å². The molecular formula is C21H24N6O4S2. The molecule has 10 nitrogen and oxygen atoms in total. The summed E-state index contributed by atoms with van der Waals surface area (Å²) in [5.74, 6) is 0.0455. The van der Waals surface area contributed by atoms with Crippen molar-refractivity contribution in [3.63, 3.8) is 0 Å². The second-order valence-corrected chi connectivity index (χ2v) is 10.9. The minimum Gasteiger partial charge on any atom is -0.505 e. The number of carbonyl (C=O) groups excluding carboxylic acids is 1. The van der Waals surface area contributed by atoms with Gasteiger partial charge in [-0.05, 0) is 29.7 Å². The van der Waals surface area contributed by atoms with Crippen LogP contribution in [0.2, 0.25) is 0 Å². The topological polar surface area (TPSA) is 146 Å². The van der Waals surface area contributed by atoms with E-state index in [1.165, 1.54) is 13.0 Å². The van der Waals surface area contributed by atoms with E-state index >= 15 is 0 Å². The third-order valence-corrected chi connectivity index (χ3v) is 5.51. The molecule has 0 radical (unpaired) electrons. The Balaban J connectivity index is 1.90. The highest BCUT2D eigenvalue weighted by atomic mass is 32.2. The van der Waals surface area contributed by atoms with Crippen LogP contribution >= 0.6 is 11.5 Å². The summed E-state index contributed by atoms with van der Waals surface area (Å²) in [5.41, 5.74) is 1.90. The Hall–Kier alpha value is -3.38. The molecule has 2 aromatic carbocycles. The van der Waals surface area contributed by atoms with Gasteiger partial charge in [-0.2, -0.15) is 9.36 Å². The molecule has 1 aromatic heterocycles. The summed E-state index contributed by atoms with van der Waals surface area (Å²) in [6, 6.07) is 9.93. The fourth-order valence-corrected chi connectivity index (χ4v) is 4.02. The van der Waals surface area contributed by atoms with Gasteiger partial charge >= 0.3 is 0 Å². The van der Waals surface area contributed by atoms with E-state index in [-0.39, 0.29) is 22.5 Å². The predicted octanol–water partition coefficient (Wildman–Crippen LogP) is 4.95. The third-order valence-electron chi connectivity index (χ3n) is 4.30. The number of azo groups is 1. The van der Waals surface area contributed by atoms with Gasteiger partial charge in [-0.25, -0.2) is 8.42 Å². The van der Waals surface area contributed by atoms with E-state index in [0.717, 1.165) is 17.8 Å². The van der Waals surface area contributed by atoms with E-state index in [4.69, 9.17) is 0 Å². The minimum absolute atomic E-state index is 0.0163. The van der Waals surface area contributed by atoms with Gasteiger partial charge in [-0.3, -0.25) is 9.52 Å². The molecule has 1 amide bonds. The second-order valence-electron chi connectivity index (χ2n) is 8.38. The van der Waals surface area contributed by atoms with Crippen molar-refractivity contribution in [3.8, 4) is 17.1 Å². The van der Waals surface area contributed by atoms with Crippen molar-refractivity contribution in [2.75, 3.05) is 16.3 Å². The van der Waals surface area contributed by atoms with E-state index in [2.05, 4.69) is 29.6 Å². The van der Waals surface area contributed by atoms with Gasteiger partial charge in [0.05, 0.1) is 17.6 Å². The van der Waals surface area contributed by atoms with Gasteiger partial charge in [-0.1, -0.05) is 32.9 Å². The number of rotatable bonds is 6. The Morgan fingerprint density at radius 3 is 2.52 bits per heavy atom. The van der Waals surface area contributed by atoms with Crippen LogP contribution in [0.3, 0.4) is 0 Å². The van der Waals surface area contributed by atoms with Crippen molar-refractivity contribution in [2.24, 2.45) is 10.2 Å². The summed E-state index contributed by atoms with van der Waals surface area (Å²) in [7, 11) is -3.40. The molecule has 0 saturated heterocycles. The number of nitrogens with one attached hydrogen (secondary N) is 2. The number of benzene rings is 2. The third kappa shape index (κ3) is 6.56. The first-order valence-corrected chi connectivity index (χ1v) is 12.5. The highest BCUT2D eigenvalue weighted by Crippen LogP contribution is 2.40. The molecule has 0 spiro atoms. The first kappa shape index (κ1) is 24.3. The number of aromatic hydroxyl groups is 1. The van der Waals surface area contributed by atoms with Crippen molar-refractivity contribution in [2.45, 2.75) is 33.1 Å².